The zero-order valence-corrected chi connectivity index (χ0v) is 8.01. The van der Waals surface area contributed by atoms with Gasteiger partial charge < -0.3 is 5.32 Å². The lowest BCUT2D eigenvalue weighted by Gasteiger charge is -2.06. The topological polar surface area (TPSA) is 46.9 Å². The van der Waals surface area contributed by atoms with Crippen molar-refractivity contribution in [2.45, 2.75) is 12.6 Å². The maximum absolute atomic E-state index is 11.8. The van der Waals surface area contributed by atoms with Crippen LogP contribution in [-0.4, -0.2) is 28.4 Å². The Balaban J connectivity index is 2.31. The van der Waals surface area contributed by atoms with Crippen molar-refractivity contribution in [3.8, 4) is 0 Å². The molecule has 7 heteroatoms. The van der Waals surface area contributed by atoms with Crippen LogP contribution < -0.4 is 5.32 Å². The predicted octanol–water partition coefficient (Wildman–Crippen LogP) is 0.641. The summed E-state index contributed by atoms with van der Waals surface area (Å²) in [6, 6.07) is 0. The molecule has 0 aromatic carbocycles. The van der Waals surface area contributed by atoms with Crippen LogP contribution in [0.4, 0.5) is 13.2 Å². The molecule has 0 atom stereocenters. The molecule has 0 fully saturated rings. The lowest BCUT2D eigenvalue weighted by atomic mass is 10.2. The van der Waals surface area contributed by atoms with Crippen molar-refractivity contribution in [1.29, 1.82) is 0 Å². The SMILES string of the molecule is Cn1cc(CCNC(=O)C(F)(F)F)cn1. The Morgan fingerprint density at radius 3 is 2.73 bits per heavy atom. The number of nitrogens with one attached hydrogen (secondary N) is 1. The molecule has 0 saturated carbocycles. The largest absolute Gasteiger partial charge is 0.471 e. The van der Waals surface area contributed by atoms with Crippen molar-refractivity contribution < 1.29 is 18.0 Å². The number of rotatable bonds is 3. The maximum Gasteiger partial charge on any atom is 0.471 e. The van der Waals surface area contributed by atoms with Gasteiger partial charge in [0.2, 0.25) is 0 Å². The van der Waals surface area contributed by atoms with Gasteiger partial charge in [0.25, 0.3) is 0 Å². The molecule has 1 rings (SSSR count). The van der Waals surface area contributed by atoms with Crippen LogP contribution in [0.2, 0.25) is 0 Å². The zero-order valence-electron chi connectivity index (χ0n) is 8.01. The van der Waals surface area contributed by atoms with Crippen LogP contribution in [0.5, 0.6) is 0 Å². The van der Waals surface area contributed by atoms with Crippen LogP contribution in [0.1, 0.15) is 5.56 Å². The second kappa shape index (κ2) is 4.33. The maximum atomic E-state index is 11.8. The highest BCUT2D eigenvalue weighted by molar-refractivity contribution is 5.81. The van der Waals surface area contributed by atoms with E-state index in [1.54, 1.807) is 29.4 Å². The summed E-state index contributed by atoms with van der Waals surface area (Å²) in [5.41, 5.74) is 0.778. The van der Waals surface area contributed by atoms with Crippen molar-refractivity contribution in [3.63, 3.8) is 0 Å². The molecule has 4 nitrogen and oxygen atoms in total. The quantitative estimate of drug-likeness (QED) is 0.814. The van der Waals surface area contributed by atoms with Crippen molar-refractivity contribution in [2.24, 2.45) is 7.05 Å². The Bertz CT molecular complexity index is 345. The van der Waals surface area contributed by atoms with Gasteiger partial charge in [-0.15, -0.1) is 0 Å². The fourth-order valence-electron chi connectivity index (χ4n) is 1.02. The normalized spacial score (nSPS) is 11.5. The van der Waals surface area contributed by atoms with Crippen LogP contribution in [0.15, 0.2) is 12.4 Å². The second-order valence-electron chi connectivity index (χ2n) is 3.03. The van der Waals surface area contributed by atoms with E-state index in [-0.39, 0.29) is 6.54 Å². The third-order valence-corrected chi connectivity index (χ3v) is 1.72. The minimum absolute atomic E-state index is 0.0516. The van der Waals surface area contributed by atoms with Gasteiger partial charge in [-0.05, 0) is 12.0 Å². The van der Waals surface area contributed by atoms with Crippen LogP contribution in [0.25, 0.3) is 0 Å². The first-order valence-corrected chi connectivity index (χ1v) is 4.22. The van der Waals surface area contributed by atoms with E-state index in [9.17, 15) is 18.0 Å². The standard InChI is InChI=1S/C8H10F3N3O/c1-14-5-6(4-13-14)2-3-12-7(15)8(9,10)11/h4-5H,2-3H2,1H3,(H,12,15). The molecule has 0 aliphatic carbocycles. The lowest BCUT2D eigenvalue weighted by molar-refractivity contribution is -0.173. The van der Waals surface area contributed by atoms with Crippen LogP contribution in [0, 0.1) is 0 Å². The van der Waals surface area contributed by atoms with Gasteiger partial charge in [0.1, 0.15) is 0 Å². The molecule has 0 radical (unpaired) electrons. The molecule has 0 aliphatic rings. The third-order valence-electron chi connectivity index (χ3n) is 1.72. The van der Waals surface area contributed by atoms with Crippen molar-refractivity contribution in [3.05, 3.63) is 18.0 Å². The molecule has 84 valence electrons. The smallest absolute Gasteiger partial charge is 0.348 e. The Labute approximate surface area is 84.1 Å². The first kappa shape index (κ1) is 11.5. The number of carbonyl (C=O) groups is 1. The Morgan fingerprint density at radius 1 is 1.60 bits per heavy atom. The summed E-state index contributed by atoms with van der Waals surface area (Å²) < 4.78 is 36.8. The summed E-state index contributed by atoms with van der Waals surface area (Å²) in [5.74, 6) is -1.91. The minimum atomic E-state index is -4.81. The average Bonchev–Trinajstić information content (AvgIpc) is 2.49. The molecule has 15 heavy (non-hydrogen) atoms. The summed E-state index contributed by atoms with van der Waals surface area (Å²) in [6.07, 6.45) is -1.26. The molecule has 1 aromatic rings. The van der Waals surface area contributed by atoms with Gasteiger partial charge >= 0.3 is 12.1 Å². The number of nitrogens with zero attached hydrogens (tertiary/aromatic N) is 2. The Kier molecular flexibility index (Phi) is 3.33. The molecule has 1 amide bonds. The van der Waals surface area contributed by atoms with E-state index in [0.717, 1.165) is 5.56 Å². The number of carbonyl (C=O) groups excluding carboxylic acids is 1. The Morgan fingerprint density at radius 2 is 2.27 bits per heavy atom. The molecule has 0 aliphatic heterocycles. The molecule has 1 N–H and O–H groups in total. The van der Waals surface area contributed by atoms with Gasteiger partial charge in [0, 0.05) is 19.8 Å². The van der Waals surface area contributed by atoms with Gasteiger partial charge in [-0.25, -0.2) is 0 Å². The third kappa shape index (κ3) is 3.61. The van der Waals surface area contributed by atoms with E-state index in [1.807, 2.05) is 0 Å². The number of hydrogen-bond acceptors (Lipinski definition) is 2. The highest BCUT2D eigenvalue weighted by atomic mass is 19.4. The summed E-state index contributed by atoms with van der Waals surface area (Å²) in [4.78, 5) is 10.4. The van der Waals surface area contributed by atoms with E-state index in [0.29, 0.717) is 6.42 Å². The minimum Gasteiger partial charge on any atom is -0.348 e. The molecule has 1 heterocycles. The summed E-state index contributed by atoms with van der Waals surface area (Å²) in [6.45, 7) is -0.0516. The van der Waals surface area contributed by atoms with E-state index in [1.165, 1.54) is 0 Å². The zero-order chi connectivity index (χ0) is 11.5. The number of halogens is 3. The van der Waals surface area contributed by atoms with E-state index >= 15 is 0 Å². The van der Waals surface area contributed by atoms with Gasteiger partial charge in [-0.3, -0.25) is 9.48 Å². The molecule has 0 unspecified atom stereocenters. The van der Waals surface area contributed by atoms with Crippen LogP contribution in [-0.2, 0) is 18.3 Å². The van der Waals surface area contributed by atoms with Gasteiger partial charge in [-0.1, -0.05) is 0 Å². The molecule has 0 spiro atoms. The van der Waals surface area contributed by atoms with Gasteiger partial charge in [-0.2, -0.15) is 18.3 Å². The molecule has 1 aromatic heterocycles. The number of amides is 1. The number of hydrogen-bond donors (Lipinski definition) is 1. The fourth-order valence-corrected chi connectivity index (χ4v) is 1.02. The highest BCUT2D eigenvalue weighted by Crippen LogP contribution is 2.13. The second-order valence-corrected chi connectivity index (χ2v) is 3.03. The van der Waals surface area contributed by atoms with Crippen molar-refractivity contribution in [2.75, 3.05) is 6.54 Å². The van der Waals surface area contributed by atoms with Gasteiger partial charge in [0.05, 0.1) is 6.20 Å². The first-order valence-electron chi connectivity index (χ1n) is 4.22. The van der Waals surface area contributed by atoms with Gasteiger partial charge in [0.15, 0.2) is 0 Å². The van der Waals surface area contributed by atoms with E-state index in [4.69, 9.17) is 0 Å². The first-order chi connectivity index (χ1) is 6.89. The molecular weight excluding hydrogens is 211 g/mol. The number of aryl methyl sites for hydroxylation is 1. The summed E-state index contributed by atoms with van der Waals surface area (Å²) in [5, 5.41) is 5.62. The molecule has 0 bridgehead atoms. The molecular formula is C8H10F3N3O. The predicted molar refractivity (Wildman–Crippen MR) is 46.0 cm³/mol. The fraction of sp³-hybridized carbons (Fsp3) is 0.500. The highest BCUT2D eigenvalue weighted by Gasteiger charge is 2.38. The Hall–Kier alpha value is -1.53. The lowest BCUT2D eigenvalue weighted by Crippen LogP contribution is -2.37. The summed E-state index contributed by atoms with van der Waals surface area (Å²) in [7, 11) is 1.71. The monoisotopic (exact) mass is 221 g/mol. The summed E-state index contributed by atoms with van der Waals surface area (Å²) >= 11 is 0. The van der Waals surface area contributed by atoms with Crippen molar-refractivity contribution >= 4 is 5.91 Å². The van der Waals surface area contributed by atoms with E-state index < -0.39 is 12.1 Å². The van der Waals surface area contributed by atoms with Crippen LogP contribution in [0.3, 0.4) is 0 Å². The average molecular weight is 221 g/mol. The number of alkyl halides is 3. The number of aromatic nitrogens is 2. The van der Waals surface area contributed by atoms with Crippen LogP contribution >= 0.6 is 0 Å². The van der Waals surface area contributed by atoms with E-state index in [2.05, 4.69) is 5.10 Å². The molecule has 0 saturated heterocycles. The van der Waals surface area contributed by atoms with Crippen molar-refractivity contribution in [1.82, 2.24) is 15.1 Å².